The minimum absolute atomic E-state index is 0.673. The Morgan fingerprint density at radius 1 is 1.29 bits per heavy atom. The van der Waals surface area contributed by atoms with Gasteiger partial charge in [-0.15, -0.1) is 10.2 Å². The van der Waals surface area contributed by atoms with Crippen LogP contribution in [-0.4, -0.2) is 14.8 Å². The van der Waals surface area contributed by atoms with Crippen LogP contribution in [0.2, 0.25) is 0 Å². The molecule has 0 bridgehead atoms. The molecule has 0 saturated heterocycles. The number of nitrogens with one attached hydrogen (secondary N) is 1. The van der Waals surface area contributed by atoms with E-state index < -0.39 is 0 Å². The first-order valence-corrected chi connectivity index (χ1v) is 6.22. The first kappa shape index (κ1) is 12.1. The van der Waals surface area contributed by atoms with Crippen molar-refractivity contribution in [3.63, 3.8) is 0 Å². The summed E-state index contributed by atoms with van der Waals surface area (Å²) in [6.07, 6.45) is 0. The van der Waals surface area contributed by atoms with Crippen LogP contribution in [0.1, 0.15) is 17.2 Å². The number of aryl methyl sites for hydroxylation is 2. The second kappa shape index (κ2) is 4.87. The maximum atomic E-state index is 4.11. The SMILES string of the molecule is Cc1ccc(NCc2nnc(C)n2C)cc1Br. The van der Waals surface area contributed by atoms with E-state index in [1.165, 1.54) is 5.56 Å². The van der Waals surface area contributed by atoms with Crippen LogP contribution < -0.4 is 5.32 Å². The van der Waals surface area contributed by atoms with Crippen molar-refractivity contribution < 1.29 is 0 Å². The van der Waals surface area contributed by atoms with E-state index in [1.54, 1.807) is 0 Å². The van der Waals surface area contributed by atoms with Crippen LogP contribution >= 0.6 is 15.9 Å². The summed E-state index contributed by atoms with van der Waals surface area (Å²) < 4.78 is 3.09. The molecule has 4 nitrogen and oxygen atoms in total. The Hall–Kier alpha value is -1.36. The predicted molar refractivity (Wildman–Crippen MR) is 71.9 cm³/mol. The molecule has 0 aliphatic rings. The lowest BCUT2D eigenvalue weighted by atomic mass is 10.2. The van der Waals surface area contributed by atoms with Gasteiger partial charge in [-0.2, -0.15) is 0 Å². The third kappa shape index (κ3) is 2.66. The summed E-state index contributed by atoms with van der Waals surface area (Å²) in [6.45, 7) is 4.69. The monoisotopic (exact) mass is 294 g/mol. The summed E-state index contributed by atoms with van der Waals surface area (Å²) >= 11 is 3.52. The van der Waals surface area contributed by atoms with E-state index in [1.807, 2.05) is 18.5 Å². The number of aromatic nitrogens is 3. The summed E-state index contributed by atoms with van der Waals surface area (Å²) in [5, 5.41) is 11.5. The van der Waals surface area contributed by atoms with E-state index in [9.17, 15) is 0 Å². The van der Waals surface area contributed by atoms with Crippen LogP contribution in [-0.2, 0) is 13.6 Å². The van der Waals surface area contributed by atoms with Gasteiger partial charge < -0.3 is 9.88 Å². The second-order valence-electron chi connectivity index (χ2n) is 4.04. The van der Waals surface area contributed by atoms with Gasteiger partial charge in [0.2, 0.25) is 0 Å². The molecule has 0 spiro atoms. The molecular weight excluding hydrogens is 280 g/mol. The molecule has 90 valence electrons. The fourth-order valence-electron chi connectivity index (χ4n) is 1.49. The van der Waals surface area contributed by atoms with Crippen molar-refractivity contribution in [1.29, 1.82) is 0 Å². The Kier molecular flexibility index (Phi) is 3.47. The fourth-order valence-corrected chi connectivity index (χ4v) is 1.87. The molecule has 1 N–H and O–H groups in total. The van der Waals surface area contributed by atoms with Crippen molar-refractivity contribution in [3.05, 3.63) is 39.9 Å². The molecule has 0 aliphatic heterocycles. The third-order valence-electron chi connectivity index (χ3n) is 2.81. The minimum atomic E-state index is 0.673. The van der Waals surface area contributed by atoms with Crippen molar-refractivity contribution in [1.82, 2.24) is 14.8 Å². The van der Waals surface area contributed by atoms with Gasteiger partial charge in [-0.3, -0.25) is 0 Å². The van der Waals surface area contributed by atoms with Gasteiger partial charge in [0.05, 0.1) is 6.54 Å². The molecule has 1 aromatic carbocycles. The zero-order chi connectivity index (χ0) is 12.4. The summed E-state index contributed by atoms with van der Waals surface area (Å²) in [7, 11) is 1.97. The van der Waals surface area contributed by atoms with Crippen molar-refractivity contribution in [2.45, 2.75) is 20.4 Å². The van der Waals surface area contributed by atoms with Crippen molar-refractivity contribution in [2.24, 2.45) is 7.05 Å². The highest BCUT2D eigenvalue weighted by Crippen LogP contribution is 2.20. The Bertz CT molecular complexity index is 533. The molecule has 2 rings (SSSR count). The van der Waals surface area contributed by atoms with Crippen molar-refractivity contribution in [2.75, 3.05) is 5.32 Å². The molecule has 17 heavy (non-hydrogen) atoms. The average Bonchev–Trinajstić information content (AvgIpc) is 2.62. The molecule has 0 radical (unpaired) electrons. The van der Waals surface area contributed by atoms with Gasteiger partial charge in [0.15, 0.2) is 5.82 Å². The highest BCUT2D eigenvalue weighted by atomic mass is 79.9. The first-order valence-electron chi connectivity index (χ1n) is 5.43. The normalized spacial score (nSPS) is 10.6. The van der Waals surface area contributed by atoms with E-state index in [0.717, 1.165) is 21.8 Å². The van der Waals surface area contributed by atoms with Gasteiger partial charge in [0, 0.05) is 17.2 Å². The standard InChI is InChI=1S/C12H15BrN4/c1-8-4-5-10(6-11(8)13)14-7-12-16-15-9(2)17(12)3/h4-6,14H,7H2,1-3H3. The zero-order valence-corrected chi connectivity index (χ0v) is 11.7. The molecule has 0 aliphatic carbocycles. The van der Waals surface area contributed by atoms with E-state index in [2.05, 4.69) is 56.6 Å². The quantitative estimate of drug-likeness (QED) is 0.947. The zero-order valence-electron chi connectivity index (χ0n) is 10.2. The van der Waals surface area contributed by atoms with Crippen LogP contribution in [0, 0.1) is 13.8 Å². The molecule has 5 heteroatoms. The van der Waals surface area contributed by atoms with E-state index in [0.29, 0.717) is 6.54 Å². The number of benzene rings is 1. The van der Waals surface area contributed by atoms with Crippen LogP contribution in [0.3, 0.4) is 0 Å². The maximum Gasteiger partial charge on any atom is 0.152 e. The first-order chi connectivity index (χ1) is 8.08. The van der Waals surface area contributed by atoms with Crippen LogP contribution in [0.25, 0.3) is 0 Å². The van der Waals surface area contributed by atoms with E-state index in [-0.39, 0.29) is 0 Å². The highest BCUT2D eigenvalue weighted by molar-refractivity contribution is 9.10. The lowest BCUT2D eigenvalue weighted by molar-refractivity contribution is 0.789. The second-order valence-corrected chi connectivity index (χ2v) is 4.89. The van der Waals surface area contributed by atoms with Gasteiger partial charge in [0.1, 0.15) is 5.82 Å². The molecular formula is C12H15BrN4. The minimum Gasteiger partial charge on any atom is -0.378 e. The number of nitrogens with zero attached hydrogens (tertiary/aromatic N) is 3. The maximum absolute atomic E-state index is 4.11. The Morgan fingerprint density at radius 3 is 2.65 bits per heavy atom. The largest absolute Gasteiger partial charge is 0.378 e. The van der Waals surface area contributed by atoms with Crippen LogP contribution in [0.5, 0.6) is 0 Å². The molecule has 1 aromatic heterocycles. The van der Waals surface area contributed by atoms with Gasteiger partial charge in [-0.1, -0.05) is 22.0 Å². The smallest absolute Gasteiger partial charge is 0.152 e. The predicted octanol–water partition coefficient (Wildman–Crippen LogP) is 2.81. The molecule has 0 amide bonds. The van der Waals surface area contributed by atoms with Crippen LogP contribution in [0.15, 0.2) is 22.7 Å². The molecule has 2 aromatic rings. The van der Waals surface area contributed by atoms with E-state index >= 15 is 0 Å². The highest BCUT2D eigenvalue weighted by Gasteiger charge is 2.04. The number of hydrogen-bond donors (Lipinski definition) is 1. The topological polar surface area (TPSA) is 42.7 Å². The Labute approximate surface area is 109 Å². The lowest BCUT2D eigenvalue weighted by Gasteiger charge is -2.07. The molecule has 0 saturated carbocycles. The number of anilines is 1. The summed E-state index contributed by atoms with van der Waals surface area (Å²) in [5.41, 5.74) is 2.30. The summed E-state index contributed by atoms with van der Waals surface area (Å²) in [5.74, 6) is 1.85. The average molecular weight is 295 g/mol. The number of hydrogen-bond acceptors (Lipinski definition) is 3. The summed E-state index contributed by atoms with van der Waals surface area (Å²) in [4.78, 5) is 0. The van der Waals surface area contributed by atoms with Crippen molar-refractivity contribution >= 4 is 21.6 Å². The van der Waals surface area contributed by atoms with Crippen LogP contribution in [0.4, 0.5) is 5.69 Å². The molecule has 0 unspecified atom stereocenters. The summed E-state index contributed by atoms with van der Waals surface area (Å²) in [6, 6.07) is 6.20. The molecule has 1 heterocycles. The number of halogens is 1. The van der Waals surface area contributed by atoms with Gasteiger partial charge in [-0.05, 0) is 31.5 Å². The molecule has 0 atom stereocenters. The van der Waals surface area contributed by atoms with Gasteiger partial charge >= 0.3 is 0 Å². The third-order valence-corrected chi connectivity index (χ3v) is 3.66. The lowest BCUT2D eigenvalue weighted by Crippen LogP contribution is -2.06. The molecule has 0 fully saturated rings. The Balaban J connectivity index is 2.07. The number of rotatable bonds is 3. The van der Waals surface area contributed by atoms with Gasteiger partial charge in [0.25, 0.3) is 0 Å². The van der Waals surface area contributed by atoms with Gasteiger partial charge in [-0.25, -0.2) is 0 Å². The van der Waals surface area contributed by atoms with Crippen molar-refractivity contribution in [3.8, 4) is 0 Å². The van der Waals surface area contributed by atoms with E-state index in [4.69, 9.17) is 0 Å². The Morgan fingerprint density at radius 2 is 2.06 bits per heavy atom. The fraction of sp³-hybridized carbons (Fsp3) is 0.333.